The van der Waals surface area contributed by atoms with Crippen LogP contribution in [-0.2, 0) is 11.3 Å². The number of nitrogens with two attached hydrogens (primary N) is 1. The summed E-state index contributed by atoms with van der Waals surface area (Å²) in [6.45, 7) is 4.93. The van der Waals surface area contributed by atoms with E-state index >= 15 is 0 Å². The first-order valence-corrected chi connectivity index (χ1v) is 6.97. The Morgan fingerprint density at radius 2 is 2.20 bits per heavy atom. The summed E-state index contributed by atoms with van der Waals surface area (Å²) in [5.41, 5.74) is 8.21. The first kappa shape index (κ1) is 13.1. The predicted octanol–water partition coefficient (Wildman–Crippen LogP) is 2.34. The predicted molar refractivity (Wildman–Crippen MR) is 78.0 cm³/mol. The van der Waals surface area contributed by atoms with E-state index in [0.717, 1.165) is 43.9 Å². The minimum Gasteiger partial charge on any atom is -0.383 e. The summed E-state index contributed by atoms with van der Waals surface area (Å²) in [6.07, 6.45) is 7.60. The summed E-state index contributed by atoms with van der Waals surface area (Å²) in [4.78, 5) is 8.44. The molecule has 0 aromatic carbocycles. The number of aromatic nitrogens is 3. The average molecular weight is 272 g/mol. The van der Waals surface area contributed by atoms with Crippen LogP contribution in [0.4, 0.5) is 5.82 Å². The zero-order chi connectivity index (χ0) is 14.0. The van der Waals surface area contributed by atoms with Crippen LogP contribution in [0, 0.1) is 5.41 Å². The lowest BCUT2D eigenvalue weighted by Crippen LogP contribution is -2.31. The van der Waals surface area contributed by atoms with E-state index in [0.29, 0.717) is 5.82 Å². The Kier molecular flexibility index (Phi) is 3.44. The van der Waals surface area contributed by atoms with E-state index in [1.807, 2.05) is 24.7 Å². The third-order valence-corrected chi connectivity index (χ3v) is 4.08. The minimum atomic E-state index is 0.255. The Labute approximate surface area is 118 Å². The number of nitrogen functional groups attached to an aromatic ring is 1. The van der Waals surface area contributed by atoms with Crippen molar-refractivity contribution in [2.45, 2.75) is 26.3 Å². The second-order valence-electron chi connectivity index (χ2n) is 5.77. The fourth-order valence-corrected chi connectivity index (χ4v) is 2.74. The quantitative estimate of drug-likeness (QED) is 0.931. The summed E-state index contributed by atoms with van der Waals surface area (Å²) in [7, 11) is 0. The highest BCUT2D eigenvalue weighted by Gasteiger charge is 2.28. The van der Waals surface area contributed by atoms with E-state index in [4.69, 9.17) is 10.5 Å². The maximum atomic E-state index is 5.97. The number of anilines is 1. The number of imidazole rings is 1. The molecule has 0 unspecified atom stereocenters. The topological polar surface area (TPSA) is 66.0 Å². The van der Waals surface area contributed by atoms with Crippen LogP contribution < -0.4 is 5.73 Å². The van der Waals surface area contributed by atoms with Gasteiger partial charge < -0.3 is 15.0 Å². The Morgan fingerprint density at radius 1 is 1.40 bits per heavy atom. The van der Waals surface area contributed by atoms with Gasteiger partial charge in [-0.05, 0) is 30.4 Å². The van der Waals surface area contributed by atoms with Gasteiger partial charge in [-0.3, -0.25) is 0 Å². The van der Waals surface area contributed by atoms with Gasteiger partial charge in [0.1, 0.15) is 5.82 Å². The van der Waals surface area contributed by atoms with Crippen molar-refractivity contribution in [3.05, 3.63) is 30.9 Å². The molecule has 2 aromatic heterocycles. The number of hydrogen-bond donors (Lipinski definition) is 1. The molecule has 3 rings (SSSR count). The molecule has 5 heteroatoms. The molecular weight excluding hydrogens is 252 g/mol. The molecule has 20 heavy (non-hydrogen) atoms. The molecule has 0 spiro atoms. The second-order valence-corrected chi connectivity index (χ2v) is 5.77. The number of pyridine rings is 1. The van der Waals surface area contributed by atoms with Crippen molar-refractivity contribution in [3.63, 3.8) is 0 Å². The van der Waals surface area contributed by atoms with Gasteiger partial charge in [-0.25, -0.2) is 9.97 Å². The van der Waals surface area contributed by atoms with Gasteiger partial charge in [0.2, 0.25) is 0 Å². The van der Waals surface area contributed by atoms with Gasteiger partial charge >= 0.3 is 0 Å². The van der Waals surface area contributed by atoms with Gasteiger partial charge in [0.05, 0.1) is 18.2 Å². The van der Waals surface area contributed by atoms with Gasteiger partial charge in [-0.1, -0.05) is 6.92 Å². The highest BCUT2D eigenvalue weighted by Crippen LogP contribution is 2.33. The molecular formula is C15H20N4O. The largest absolute Gasteiger partial charge is 0.383 e. The van der Waals surface area contributed by atoms with E-state index in [1.54, 1.807) is 6.20 Å². The number of rotatable bonds is 3. The van der Waals surface area contributed by atoms with Crippen LogP contribution >= 0.6 is 0 Å². The molecule has 1 aliphatic rings. The summed E-state index contributed by atoms with van der Waals surface area (Å²) >= 11 is 0. The lowest BCUT2D eigenvalue weighted by Gasteiger charge is -2.34. The molecule has 5 nitrogen and oxygen atoms in total. The van der Waals surface area contributed by atoms with Crippen molar-refractivity contribution >= 4 is 5.82 Å². The maximum Gasteiger partial charge on any atom is 0.132 e. The van der Waals surface area contributed by atoms with Crippen molar-refractivity contribution in [1.29, 1.82) is 0 Å². The summed E-state index contributed by atoms with van der Waals surface area (Å²) in [5.74, 6) is 0.548. The Bertz CT molecular complexity index is 587. The molecule has 0 radical (unpaired) electrons. The number of nitrogens with zero attached hydrogens (tertiary/aromatic N) is 3. The van der Waals surface area contributed by atoms with Crippen LogP contribution in [0.15, 0.2) is 30.9 Å². The van der Waals surface area contributed by atoms with Crippen LogP contribution in [0.1, 0.15) is 19.8 Å². The first-order valence-electron chi connectivity index (χ1n) is 6.97. The molecule has 0 saturated carbocycles. The molecule has 0 amide bonds. The van der Waals surface area contributed by atoms with Crippen LogP contribution in [0.3, 0.4) is 0 Å². The average Bonchev–Trinajstić information content (AvgIpc) is 2.87. The van der Waals surface area contributed by atoms with E-state index < -0.39 is 0 Å². The SMILES string of the molecule is CC1(Cn2cncc2-c2cccnc2N)CCOCC1. The molecule has 0 aliphatic carbocycles. The highest BCUT2D eigenvalue weighted by molar-refractivity contribution is 5.70. The summed E-state index contributed by atoms with van der Waals surface area (Å²) < 4.78 is 7.64. The van der Waals surface area contributed by atoms with Crippen molar-refractivity contribution in [1.82, 2.24) is 14.5 Å². The lowest BCUT2D eigenvalue weighted by molar-refractivity contribution is 0.0157. The smallest absolute Gasteiger partial charge is 0.132 e. The second kappa shape index (κ2) is 5.25. The molecule has 1 aliphatic heterocycles. The summed E-state index contributed by atoms with van der Waals surface area (Å²) in [6, 6.07) is 3.89. The van der Waals surface area contributed by atoms with Crippen molar-refractivity contribution in [2.75, 3.05) is 18.9 Å². The zero-order valence-corrected chi connectivity index (χ0v) is 11.7. The Morgan fingerprint density at radius 3 is 2.95 bits per heavy atom. The summed E-state index contributed by atoms with van der Waals surface area (Å²) in [5, 5.41) is 0. The van der Waals surface area contributed by atoms with Crippen LogP contribution in [0.2, 0.25) is 0 Å². The molecule has 2 aromatic rings. The Hall–Kier alpha value is -1.88. The molecule has 0 bridgehead atoms. The van der Waals surface area contributed by atoms with Crippen LogP contribution in [-0.4, -0.2) is 27.7 Å². The number of ether oxygens (including phenoxy) is 1. The first-order chi connectivity index (χ1) is 9.68. The van der Waals surface area contributed by atoms with Gasteiger partial charge in [0, 0.05) is 31.5 Å². The van der Waals surface area contributed by atoms with Crippen LogP contribution in [0.25, 0.3) is 11.3 Å². The standard InChI is InChI=1S/C15H20N4O/c1-15(4-7-20-8-5-15)10-19-11-17-9-13(19)12-3-2-6-18-14(12)16/h2-3,6,9,11H,4-5,7-8,10H2,1H3,(H2,16,18). The van der Waals surface area contributed by atoms with Crippen LogP contribution in [0.5, 0.6) is 0 Å². The highest BCUT2D eigenvalue weighted by atomic mass is 16.5. The third kappa shape index (κ3) is 2.54. The van der Waals surface area contributed by atoms with Crippen molar-refractivity contribution in [2.24, 2.45) is 5.41 Å². The number of hydrogen-bond acceptors (Lipinski definition) is 4. The third-order valence-electron chi connectivity index (χ3n) is 4.08. The Balaban J connectivity index is 1.89. The van der Waals surface area contributed by atoms with E-state index in [2.05, 4.69) is 21.5 Å². The molecule has 106 valence electrons. The van der Waals surface area contributed by atoms with Crippen molar-refractivity contribution < 1.29 is 4.74 Å². The lowest BCUT2D eigenvalue weighted by atomic mass is 9.82. The van der Waals surface area contributed by atoms with Crippen molar-refractivity contribution in [3.8, 4) is 11.3 Å². The molecule has 0 atom stereocenters. The molecule has 2 N–H and O–H groups in total. The monoisotopic (exact) mass is 272 g/mol. The van der Waals surface area contributed by atoms with Gasteiger partial charge in [0.15, 0.2) is 0 Å². The van der Waals surface area contributed by atoms with E-state index in [9.17, 15) is 0 Å². The van der Waals surface area contributed by atoms with Gasteiger partial charge in [-0.15, -0.1) is 0 Å². The molecule has 1 saturated heterocycles. The molecule has 1 fully saturated rings. The normalized spacial score (nSPS) is 18.1. The fourth-order valence-electron chi connectivity index (χ4n) is 2.74. The zero-order valence-electron chi connectivity index (χ0n) is 11.7. The van der Waals surface area contributed by atoms with Gasteiger partial charge in [-0.2, -0.15) is 0 Å². The van der Waals surface area contributed by atoms with Gasteiger partial charge in [0.25, 0.3) is 0 Å². The molecule has 3 heterocycles. The minimum absolute atomic E-state index is 0.255. The fraction of sp³-hybridized carbons (Fsp3) is 0.467. The maximum absolute atomic E-state index is 5.97. The van der Waals surface area contributed by atoms with E-state index in [1.165, 1.54) is 0 Å². The van der Waals surface area contributed by atoms with E-state index in [-0.39, 0.29) is 5.41 Å².